The maximum Gasteiger partial charge on any atom is 0.253 e. The summed E-state index contributed by atoms with van der Waals surface area (Å²) < 4.78 is 0. The molecule has 218 valence electrons. The summed E-state index contributed by atoms with van der Waals surface area (Å²) >= 11 is 0. The Bertz CT molecular complexity index is 1150. The molecule has 6 N–H and O–H groups in total. The molecule has 2 aromatic rings. The molecule has 1 aliphatic heterocycles. The van der Waals surface area contributed by atoms with Crippen molar-refractivity contribution in [3.8, 4) is 0 Å². The highest BCUT2D eigenvalue weighted by Gasteiger charge is 2.21. The molecule has 0 unspecified atom stereocenters. The predicted molar refractivity (Wildman–Crippen MR) is 161 cm³/mol. The van der Waals surface area contributed by atoms with Crippen LogP contribution in [0.15, 0.2) is 19.2 Å². The molecule has 11 nitrogen and oxygen atoms in total. The molecule has 39 heavy (non-hydrogen) atoms. The maximum atomic E-state index is 12.1. The summed E-state index contributed by atoms with van der Waals surface area (Å²) in [5.74, 6) is 0. The van der Waals surface area contributed by atoms with E-state index >= 15 is 0 Å². The Kier molecular flexibility index (Phi) is 12.9. The van der Waals surface area contributed by atoms with E-state index in [0.29, 0.717) is 55.5 Å². The Morgan fingerprint density at radius 2 is 0.949 bits per heavy atom. The molecular weight excluding hydrogens is 498 g/mol. The Hall–Kier alpha value is -2.76. The lowest BCUT2D eigenvalue weighted by Gasteiger charge is -2.23. The first kappa shape index (κ1) is 30.8. The van der Waals surface area contributed by atoms with Crippen LogP contribution >= 0.6 is 0 Å². The number of nitrogens with one attached hydrogen (secondary N) is 4. The van der Waals surface area contributed by atoms with Crippen molar-refractivity contribution in [3.05, 3.63) is 40.9 Å². The van der Waals surface area contributed by atoms with Crippen LogP contribution in [0.1, 0.15) is 57.8 Å². The molecule has 0 fully saturated rings. The van der Waals surface area contributed by atoms with E-state index in [1.807, 2.05) is 0 Å². The van der Waals surface area contributed by atoms with Crippen molar-refractivity contribution >= 4 is 22.7 Å². The topological polar surface area (TPSA) is 149 Å². The van der Waals surface area contributed by atoms with E-state index in [-0.39, 0.29) is 0 Å². The largest absolute Gasteiger partial charge is 0.380 e. The van der Waals surface area contributed by atoms with Crippen molar-refractivity contribution in [3.63, 3.8) is 0 Å². The summed E-state index contributed by atoms with van der Waals surface area (Å²) in [5, 5.41) is 12.7. The van der Waals surface area contributed by atoms with Crippen molar-refractivity contribution in [2.45, 2.75) is 57.8 Å². The third-order valence-corrected chi connectivity index (χ3v) is 7.44. The summed E-state index contributed by atoms with van der Waals surface area (Å²) in [6.45, 7) is 7.62. The van der Waals surface area contributed by atoms with Crippen LogP contribution in [0.2, 0.25) is 0 Å². The minimum Gasteiger partial charge on any atom is -0.380 e. The van der Waals surface area contributed by atoms with Crippen LogP contribution in [0, 0.1) is 0 Å². The van der Waals surface area contributed by atoms with Crippen molar-refractivity contribution in [1.29, 1.82) is 0 Å². The van der Waals surface area contributed by atoms with E-state index in [2.05, 4.69) is 38.1 Å². The number of anilines is 4. The van der Waals surface area contributed by atoms with Gasteiger partial charge in [-0.25, -0.2) is 0 Å². The third-order valence-electron chi connectivity index (χ3n) is 7.44. The average Bonchev–Trinajstić information content (AvgIpc) is 2.94. The van der Waals surface area contributed by atoms with E-state index in [4.69, 9.17) is 5.73 Å². The molecule has 0 aromatic heterocycles. The molecule has 1 heterocycles. The number of fused-ring (bicyclic) bond motifs is 2. The molecule has 2 aromatic carbocycles. The van der Waals surface area contributed by atoms with E-state index in [1.54, 1.807) is 0 Å². The molecule has 0 saturated carbocycles. The zero-order chi connectivity index (χ0) is 28.0. The molecule has 0 atom stereocenters. The highest BCUT2D eigenvalue weighted by molar-refractivity contribution is 5.74. The van der Waals surface area contributed by atoms with E-state index < -0.39 is 21.7 Å². The van der Waals surface area contributed by atoms with Gasteiger partial charge >= 0.3 is 0 Å². The molecule has 11 heteroatoms. The van der Waals surface area contributed by atoms with Gasteiger partial charge in [0.15, 0.2) is 0 Å². The fourth-order valence-electron chi connectivity index (χ4n) is 5.06. The van der Waals surface area contributed by atoms with E-state index in [1.165, 1.54) is 0 Å². The van der Waals surface area contributed by atoms with Gasteiger partial charge in [0.1, 0.15) is 22.7 Å². The Balaban J connectivity index is 1.56. The average molecular weight is 546 g/mol. The van der Waals surface area contributed by atoms with Crippen LogP contribution in [0.5, 0.6) is 0 Å². The number of rotatable bonds is 3. The zero-order valence-corrected chi connectivity index (χ0v) is 23.5. The van der Waals surface area contributed by atoms with Crippen LogP contribution in [-0.2, 0) is 0 Å². The van der Waals surface area contributed by atoms with Crippen LogP contribution in [0.4, 0.5) is 22.7 Å². The van der Waals surface area contributed by atoms with Gasteiger partial charge in [-0.05, 0) is 84.8 Å². The van der Waals surface area contributed by atoms with Crippen molar-refractivity contribution in [1.82, 2.24) is 9.80 Å². The Labute approximate surface area is 230 Å². The summed E-state index contributed by atoms with van der Waals surface area (Å²) in [6.07, 6.45) is 8.86. The van der Waals surface area contributed by atoms with Gasteiger partial charge in [0, 0.05) is 26.2 Å². The number of hydrogen-bond acceptors (Lipinski definition) is 11. The van der Waals surface area contributed by atoms with Crippen molar-refractivity contribution in [2.24, 2.45) is 5.73 Å². The normalized spacial score (nSPS) is 19.2. The predicted octanol–water partition coefficient (Wildman–Crippen LogP) is 0.943. The zero-order valence-electron chi connectivity index (χ0n) is 23.5. The number of nitrogens with zero attached hydrogens (tertiary/aromatic N) is 2. The van der Waals surface area contributed by atoms with Gasteiger partial charge in [0.05, 0.1) is 0 Å². The highest BCUT2D eigenvalue weighted by atomic mass is 16.2. The minimum absolute atomic E-state index is 0.407. The van der Waals surface area contributed by atoms with Gasteiger partial charge in [-0.2, -0.15) is 0 Å². The first-order valence-corrected chi connectivity index (χ1v) is 14.7. The summed E-state index contributed by atoms with van der Waals surface area (Å²) in [5.41, 5.74) is 5.66. The minimum atomic E-state index is -0.443. The maximum absolute atomic E-state index is 12.1. The Morgan fingerprint density at radius 1 is 0.564 bits per heavy atom. The molecule has 0 aliphatic carbocycles. The van der Waals surface area contributed by atoms with Crippen LogP contribution < -0.4 is 48.7 Å². The highest BCUT2D eigenvalue weighted by Crippen LogP contribution is 2.16. The lowest BCUT2D eigenvalue weighted by molar-refractivity contribution is 0.270. The van der Waals surface area contributed by atoms with Crippen molar-refractivity contribution in [2.75, 3.05) is 93.8 Å². The first-order valence-electron chi connectivity index (χ1n) is 14.7. The van der Waals surface area contributed by atoms with Gasteiger partial charge in [-0.3, -0.25) is 19.2 Å². The Morgan fingerprint density at radius 3 is 1.44 bits per heavy atom. The number of hydrogen-bond donors (Lipinski definition) is 5. The molecule has 0 spiro atoms. The van der Waals surface area contributed by atoms with Gasteiger partial charge in [0.2, 0.25) is 0 Å². The summed E-state index contributed by atoms with van der Waals surface area (Å²) in [6, 6.07) is 0. The second-order valence-electron chi connectivity index (χ2n) is 10.6. The van der Waals surface area contributed by atoms with Crippen molar-refractivity contribution < 1.29 is 0 Å². The van der Waals surface area contributed by atoms with Gasteiger partial charge in [-0.15, -0.1) is 0 Å². The third kappa shape index (κ3) is 9.15. The van der Waals surface area contributed by atoms with E-state index in [0.717, 1.165) is 90.5 Å². The van der Waals surface area contributed by atoms with Crippen LogP contribution in [-0.4, -0.2) is 82.3 Å². The fourth-order valence-corrected chi connectivity index (χ4v) is 5.06. The van der Waals surface area contributed by atoms with Crippen LogP contribution in [0.3, 0.4) is 0 Å². The first-order chi connectivity index (χ1) is 18.9. The molecule has 1 aliphatic rings. The summed E-state index contributed by atoms with van der Waals surface area (Å²) in [7, 11) is 2.11. The molecular formula is C28H47N7O4. The van der Waals surface area contributed by atoms with E-state index in [9.17, 15) is 19.2 Å². The fraction of sp³-hybridized carbons (Fsp3) is 0.714. The molecule has 0 radical (unpaired) electrons. The molecule has 0 saturated heterocycles. The summed E-state index contributed by atoms with van der Waals surface area (Å²) in [4.78, 5) is 52.9. The lowest BCUT2D eigenvalue weighted by atomic mass is 10.1. The van der Waals surface area contributed by atoms with Crippen LogP contribution in [0.25, 0.3) is 0 Å². The lowest BCUT2D eigenvalue weighted by Crippen LogP contribution is -2.38. The smallest absolute Gasteiger partial charge is 0.253 e. The van der Waals surface area contributed by atoms with Gasteiger partial charge in [0.25, 0.3) is 21.7 Å². The molecule has 0 bridgehead atoms. The quantitative estimate of drug-likeness (QED) is 0.351. The second-order valence-corrected chi connectivity index (χ2v) is 10.6. The standard InChI is InChI=1S/C28H47N7O4/c1-34-16-6-4-2-3-5-12-30-21-22(26(37)25(21)36)32-14-9-19-35(18-7-11-29)20-10-15-33-24-23(27(38)28(24)39)31-13-8-17-34/h30-33H,2-20,29H2,1H3. The van der Waals surface area contributed by atoms with Gasteiger partial charge in [-0.1, -0.05) is 19.3 Å². The second kappa shape index (κ2) is 16.4. The molecule has 0 amide bonds. The molecule has 3 rings (SSSR count). The monoisotopic (exact) mass is 545 g/mol. The van der Waals surface area contributed by atoms with Gasteiger partial charge < -0.3 is 36.8 Å². The number of nitrogens with two attached hydrogens (primary N) is 1. The SMILES string of the molecule is CN1CCCCCCCNc2c(c(=O)c2=O)NCCCN(CCCN)CCCNc2c(c(=O)c2=O)NCCC1.